The maximum atomic E-state index is 11.5. The lowest BCUT2D eigenvalue weighted by Crippen LogP contribution is -2.40. The molecule has 3 heteroatoms. The maximum absolute atomic E-state index is 11.5. The van der Waals surface area contributed by atoms with Gasteiger partial charge in [-0.05, 0) is 24.0 Å². The van der Waals surface area contributed by atoms with E-state index in [9.17, 15) is 4.79 Å². The van der Waals surface area contributed by atoms with Gasteiger partial charge in [0.2, 0.25) is 5.91 Å². The number of hydrogen-bond acceptors (Lipinski definition) is 2. The van der Waals surface area contributed by atoms with Crippen molar-refractivity contribution in [3.8, 4) is 0 Å². The summed E-state index contributed by atoms with van der Waals surface area (Å²) in [5, 5.41) is 3.62. The first kappa shape index (κ1) is 14.5. The largest absolute Gasteiger partial charge is 0.366 e. The molecule has 2 aromatic rings. The van der Waals surface area contributed by atoms with Gasteiger partial charge in [-0.2, -0.15) is 0 Å². The molecule has 0 bridgehead atoms. The second-order valence-corrected chi connectivity index (χ2v) is 5.82. The first-order chi connectivity index (χ1) is 10.6. The van der Waals surface area contributed by atoms with Crippen LogP contribution in [0.5, 0.6) is 0 Å². The Labute approximate surface area is 130 Å². The molecule has 0 unspecified atom stereocenters. The Morgan fingerprint density at radius 1 is 1.00 bits per heavy atom. The van der Waals surface area contributed by atoms with Crippen molar-refractivity contribution in [2.45, 2.75) is 24.4 Å². The summed E-state index contributed by atoms with van der Waals surface area (Å²) in [7, 11) is 0. The van der Waals surface area contributed by atoms with E-state index in [1.54, 1.807) is 0 Å². The van der Waals surface area contributed by atoms with E-state index in [0.29, 0.717) is 5.57 Å². The minimum Gasteiger partial charge on any atom is -0.366 e. The van der Waals surface area contributed by atoms with Gasteiger partial charge in [0.05, 0.1) is 6.04 Å². The smallest absolute Gasteiger partial charge is 0.245 e. The number of primary amides is 1. The highest BCUT2D eigenvalue weighted by atomic mass is 16.1. The molecule has 2 aromatic carbocycles. The summed E-state index contributed by atoms with van der Waals surface area (Å²) in [4.78, 5) is 11.5. The van der Waals surface area contributed by atoms with Crippen LogP contribution in [0, 0.1) is 0 Å². The van der Waals surface area contributed by atoms with E-state index in [-0.39, 0.29) is 11.6 Å². The summed E-state index contributed by atoms with van der Waals surface area (Å²) >= 11 is 0. The molecule has 112 valence electrons. The minimum atomic E-state index is -0.426. The molecule has 0 heterocycles. The van der Waals surface area contributed by atoms with E-state index in [0.717, 1.165) is 24.0 Å². The Morgan fingerprint density at radius 3 is 1.82 bits per heavy atom. The normalized spacial score (nSPS) is 15.5. The lowest BCUT2D eigenvalue weighted by Gasteiger charge is -2.27. The Bertz CT molecular complexity index is 636. The van der Waals surface area contributed by atoms with Gasteiger partial charge in [0, 0.05) is 11.1 Å². The van der Waals surface area contributed by atoms with Gasteiger partial charge >= 0.3 is 0 Å². The molecule has 3 nitrogen and oxygen atoms in total. The van der Waals surface area contributed by atoms with E-state index in [2.05, 4.69) is 36.2 Å². The topological polar surface area (TPSA) is 55.1 Å². The molecule has 3 rings (SSSR count). The summed E-state index contributed by atoms with van der Waals surface area (Å²) in [5.41, 5.74) is 7.88. The van der Waals surface area contributed by atoms with E-state index in [1.165, 1.54) is 0 Å². The molecule has 3 N–H and O–H groups in total. The van der Waals surface area contributed by atoms with Crippen molar-refractivity contribution in [1.29, 1.82) is 0 Å². The fourth-order valence-electron chi connectivity index (χ4n) is 2.82. The minimum absolute atomic E-state index is 0.0148. The zero-order chi connectivity index (χ0) is 15.6. The zero-order valence-electron chi connectivity index (χ0n) is 12.5. The predicted octanol–water partition coefficient (Wildman–Crippen LogP) is 2.94. The van der Waals surface area contributed by atoms with Crippen molar-refractivity contribution in [2.75, 3.05) is 0 Å². The fraction of sp³-hybridized carbons (Fsp3) is 0.211. The Kier molecular flexibility index (Phi) is 3.82. The molecular formula is C19H20N2O. The van der Waals surface area contributed by atoms with Crippen molar-refractivity contribution in [1.82, 2.24) is 5.32 Å². The molecule has 1 aliphatic rings. The third-order valence-electron chi connectivity index (χ3n) is 4.31. The van der Waals surface area contributed by atoms with Crippen molar-refractivity contribution < 1.29 is 4.79 Å². The number of benzene rings is 2. The van der Waals surface area contributed by atoms with Crippen LogP contribution in [0.25, 0.3) is 0 Å². The van der Waals surface area contributed by atoms with Gasteiger partial charge in [-0.3, -0.25) is 10.1 Å². The zero-order valence-corrected chi connectivity index (χ0v) is 12.5. The molecule has 1 fully saturated rings. The van der Waals surface area contributed by atoms with Crippen LogP contribution in [0.1, 0.15) is 30.0 Å². The number of carbonyl (C=O) groups excluding carboxylic acids is 1. The van der Waals surface area contributed by atoms with Crippen LogP contribution in [0.2, 0.25) is 0 Å². The molecule has 0 aliphatic heterocycles. The maximum Gasteiger partial charge on any atom is 0.245 e. The van der Waals surface area contributed by atoms with Crippen LogP contribution in [0.3, 0.4) is 0 Å². The summed E-state index contributed by atoms with van der Waals surface area (Å²) in [6.07, 6.45) is 1.79. The monoisotopic (exact) mass is 292 g/mol. The number of nitrogens with one attached hydrogen (secondary N) is 1. The van der Waals surface area contributed by atoms with Gasteiger partial charge in [0.25, 0.3) is 0 Å². The molecular weight excluding hydrogens is 272 g/mol. The molecule has 0 saturated heterocycles. The summed E-state index contributed by atoms with van der Waals surface area (Å²) < 4.78 is 0. The highest BCUT2D eigenvalue weighted by Crippen LogP contribution is 2.44. The van der Waals surface area contributed by atoms with Crippen LogP contribution in [-0.2, 0) is 4.79 Å². The molecule has 0 radical (unpaired) electrons. The van der Waals surface area contributed by atoms with Crippen molar-refractivity contribution in [3.63, 3.8) is 0 Å². The van der Waals surface area contributed by atoms with Gasteiger partial charge in [-0.1, -0.05) is 67.2 Å². The first-order valence-corrected chi connectivity index (χ1v) is 7.49. The lowest BCUT2D eigenvalue weighted by molar-refractivity contribution is -0.115. The van der Waals surface area contributed by atoms with Gasteiger partial charge in [0.1, 0.15) is 0 Å². The molecule has 22 heavy (non-hydrogen) atoms. The number of amides is 1. The molecule has 0 atom stereocenters. The van der Waals surface area contributed by atoms with Crippen molar-refractivity contribution >= 4 is 5.91 Å². The van der Waals surface area contributed by atoms with Crippen LogP contribution in [-0.4, -0.2) is 11.4 Å². The van der Waals surface area contributed by atoms with Gasteiger partial charge < -0.3 is 5.73 Å². The fourth-order valence-corrected chi connectivity index (χ4v) is 2.82. The summed E-state index contributed by atoms with van der Waals surface area (Å²) in [6, 6.07) is 20.5. The second kappa shape index (κ2) is 5.78. The third kappa shape index (κ3) is 2.81. The number of rotatable bonds is 6. The van der Waals surface area contributed by atoms with Crippen LogP contribution < -0.4 is 11.1 Å². The first-order valence-electron chi connectivity index (χ1n) is 7.49. The standard InChI is InChI=1S/C19H20N2O/c1-14(18(20)22)19(12-13-19)21-17(15-8-4-2-5-9-15)16-10-6-3-7-11-16/h2-11,17,21H,1,12-13H2,(H2,20,22). The quantitative estimate of drug-likeness (QED) is 0.804. The van der Waals surface area contributed by atoms with Crippen molar-refractivity contribution in [2.24, 2.45) is 5.73 Å². The van der Waals surface area contributed by atoms with E-state index in [1.807, 2.05) is 36.4 Å². The highest BCUT2D eigenvalue weighted by Gasteiger charge is 2.48. The predicted molar refractivity (Wildman–Crippen MR) is 88.2 cm³/mol. The van der Waals surface area contributed by atoms with E-state index in [4.69, 9.17) is 5.73 Å². The molecule has 1 saturated carbocycles. The average molecular weight is 292 g/mol. The number of hydrogen-bond donors (Lipinski definition) is 2. The Morgan fingerprint density at radius 2 is 1.45 bits per heavy atom. The third-order valence-corrected chi connectivity index (χ3v) is 4.31. The van der Waals surface area contributed by atoms with Gasteiger partial charge in [-0.25, -0.2) is 0 Å². The highest BCUT2D eigenvalue weighted by molar-refractivity contribution is 5.94. The molecule has 1 aliphatic carbocycles. The number of nitrogens with two attached hydrogens (primary N) is 1. The SMILES string of the molecule is C=C(C(N)=O)C1(NC(c2ccccc2)c2ccccc2)CC1. The Balaban J connectivity index is 1.94. The van der Waals surface area contributed by atoms with Crippen LogP contribution in [0.4, 0.5) is 0 Å². The van der Waals surface area contributed by atoms with Gasteiger partial charge in [-0.15, -0.1) is 0 Å². The molecule has 0 spiro atoms. The molecule has 1 amide bonds. The summed E-state index contributed by atoms with van der Waals surface area (Å²) in [5.74, 6) is -0.426. The average Bonchev–Trinajstić information content (AvgIpc) is 3.34. The lowest BCUT2D eigenvalue weighted by atomic mass is 9.95. The Hall–Kier alpha value is -2.39. The van der Waals surface area contributed by atoms with Crippen molar-refractivity contribution in [3.05, 3.63) is 83.9 Å². The molecule has 0 aromatic heterocycles. The summed E-state index contributed by atoms with van der Waals surface area (Å²) in [6.45, 7) is 3.89. The van der Waals surface area contributed by atoms with Gasteiger partial charge in [0.15, 0.2) is 0 Å². The van der Waals surface area contributed by atoms with Crippen LogP contribution >= 0.6 is 0 Å². The second-order valence-electron chi connectivity index (χ2n) is 5.82. The number of carbonyl (C=O) groups is 1. The van der Waals surface area contributed by atoms with E-state index < -0.39 is 5.91 Å². The van der Waals surface area contributed by atoms with Crippen LogP contribution in [0.15, 0.2) is 72.8 Å². The van der Waals surface area contributed by atoms with E-state index >= 15 is 0 Å².